The highest BCUT2D eigenvalue weighted by molar-refractivity contribution is 5.80. The molecule has 0 saturated heterocycles. The second-order valence-corrected chi connectivity index (χ2v) is 10.0. The predicted octanol–water partition coefficient (Wildman–Crippen LogP) is 5.26. The lowest BCUT2D eigenvalue weighted by Gasteiger charge is -2.34. The highest BCUT2D eigenvalue weighted by Crippen LogP contribution is 2.47. The smallest absolute Gasteiger partial charge is 0.311 e. The van der Waals surface area contributed by atoms with Crippen molar-refractivity contribution < 1.29 is 61.9 Å². The minimum absolute atomic E-state index is 0.0131. The van der Waals surface area contributed by atoms with E-state index in [0.29, 0.717) is 5.56 Å². The van der Waals surface area contributed by atoms with Crippen LogP contribution in [0.15, 0.2) is 24.3 Å². The summed E-state index contributed by atoms with van der Waals surface area (Å²) >= 11 is 0. The molecular weight excluding hydrogens is 604 g/mol. The van der Waals surface area contributed by atoms with Crippen LogP contribution in [-0.2, 0) is 39.9 Å². The van der Waals surface area contributed by atoms with Gasteiger partial charge in [0.15, 0.2) is 17.6 Å². The standard InChI is InChI=1S/C33H38O13/c1-7-26(34)40-19-15-21(41-27(35)8-2)20-17-25(44-30(38)11-5)32(45-22(20)16-19)18-13-23(42-28(36)9-3)33(46-31(39)12-6)24(14-18)43-29(37)10-4/h13-16,25,32H,7-12,17H2,1-6H3/t25-,32-/m1/s1. The van der Waals surface area contributed by atoms with Gasteiger partial charge in [-0.1, -0.05) is 41.5 Å². The van der Waals surface area contributed by atoms with Crippen molar-refractivity contribution >= 4 is 35.8 Å². The Balaban J connectivity index is 2.26. The molecule has 1 heterocycles. The summed E-state index contributed by atoms with van der Waals surface area (Å²) in [5, 5.41) is 0. The normalized spacial score (nSPS) is 15.0. The third kappa shape index (κ3) is 9.05. The summed E-state index contributed by atoms with van der Waals surface area (Å²) in [5.41, 5.74) is 0.587. The average Bonchev–Trinajstić information content (AvgIpc) is 3.05. The Morgan fingerprint density at radius 2 is 1.04 bits per heavy atom. The monoisotopic (exact) mass is 642 g/mol. The fourth-order valence-corrected chi connectivity index (χ4v) is 4.20. The highest BCUT2D eigenvalue weighted by Gasteiger charge is 2.38. The first-order valence-corrected chi connectivity index (χ1v) is 15.2. The molecule has 0 amide bonds. The second kappa shape index (κ2) is 16.4. The number of hydrogen-bond donors (Lipinski definition) is 0. The van der Waals surface area contributed by atoms with Crippen molar-refractivity contribution in [2.75, 3.05) is 0 Å². The van der Waals surface area contributed by atoms with E-state index < -0.39 is 48.0 Å². The molecule has 0 aromatic heterocycles. The largest absolute Gasteiger partial charge is 0.481 e. The van der Waals surface area contributed by atoms with Crippen molar-refractivity contribution in [3.63, 3.8) is 0 Å². The number of carbonyl (C=O) groups excluding carboxylic acids is 6. The van der Waals surface area contributed by atoms with Crippen molar-refractivity contribution in [1.29, 1.82) is 0 Å². The van der Waals surface area contributed by atoms with Crippen LogP contribution >= 0.6 is 0 Å². The van der Waals surface area contributed by atoms with Crippen LogP contribution in [0.1, 0.15) is 97.3 Å². The van der Waals surface area contributed by atoms with E-state index in [4.69, 9.17) is 33.2 Å². The molecule has 0 spiro atoms. The molecule has 0 unspecified atom stereocenters. The Morgan fingerprint density at radius 3 is 1.54 bits per heavy atom. The lowest BCUT2D eigenvalue weighted by atomic mass is 9.93. The van der Waals surface area contributed by atoms with Crippen LogP contribution in [0.25, 0.3) is 0 Å². The second-order valence-electron chi connectivity index (χ2n) is 10.0. The Hall–Kier alpha value is -4.94. The maximum atomic E-state index is 12.6. The van der Waals surface area contributed by atoms with Gasteiger partial charge in [-0.3, -0.25) is 28.8 Å². The van der Waals surface area contributed by atoms with Gasteiger partial charge in [0.05, 0.1) is 0 Å². The van der Waals surface area contributed by atoms with E-state index in [0.717, 1.165) is 0 Å². The quantitative estimate of drug-likeness (QED) is 0.205. The Labute approximate surface area is 266 Å². The van der Waals surface area contributed by atoms with Gasteiger partial charge < -0.3 is 33.2 Å². The van der Waals surface area contributed by atoms with E-state index in [-0.39, 0.29) is 85.0 Å². The molecule has 13 heteroatoms. The van der Waals surface area contributed by atoms with Crippen LogP contribution in [-0.4, -0.2) is 41.9 Å². The van der Waals surface area contributed by atoms with Gasteiger partial charge in [-0.15, -0.1) is 0 Å². The van der Waals surface area contributed by atoms with Gasteiger partial charge in [-0.05, 0) is 12.1 Å². The maximum absolute atomic E-state index is 12.6. The van der Waals surface area contributed by atoms with E-state index in [1.165, 1.54) is 24.3 Å². The Bertz CT molecular complexity index is 1450. The average molecular weight is 643 g/mol. The molecule has 0 fully saturated rings. The minimum Gasteiger partial charge on any atom is -0.481 e. The molecule has 0 aliphatic carbocycles. The fraction of sp³-hybridized carbons (Fsp3) is 0.455. The molecule has 248 valence electrons. The molecule has 0 saturated carbocycles. The van der Waals surface area contributed by atoms with Crippen LogP contribution in [0.2, 0.25) is 0 Å². The number of hydrogen-bond acceptors (Lipinski definition) is 13. The van der Waals surface area contributed by atoms with E-state index in [2.05, 4.69) is 0 Å². The van der Waals surface area contributed by atoms with E-state index in [1.54, 1.807) is 41.5 Å². The lowest BCUT2D eigenvalue weighted by molar-refractivity contribution is -0.155. The number of esters is 6. The summed E-state index contributed by atoms with van der Waals surface area (Å²) in [6.07, 6.45) is -2.09. The van der Waals surface area contributed by atoms with Crippen molar-refractivity contribution in [1.82, 2.24) is 0 Å². The number of carbonyl (C=O) groups is 6. The Morgan fingerprint density at radius 1 is 0.587 bits per heavy atom. The fourth-order valence-electron chi connectivity index (χ4n) is 4.20. The maximum Gasteiger partial charge on any atom is 0.311 e. The summed E-state index contributed by atoms with van der Waals surface area (Å²) in [6.45, 7) is 9.53. The van der Waals surface area contributed by atoms with Gasteiger partial charge in [0.2, 0.25) is 5.75 Å². The number of benzene rings is 2. The number of ether oxygens (including phenoxy) is 7. The zero-order valence-corrected chi connectivity index (χ0v) is 26.7. The molecule has 1 aliphatic rings. The van der Waals surface area contributed by atoms with Crippen molar-refractivity contribution in [2.24, 2.45) is 0 Å². The van der Waals surface area contributed by atoms with E-state index in [1.807, 2.05) is 0 Å². The highest BCUT2D eigenvalue weighted by atomic mass is 16.6. The molecule has 0 radical (unpaired) electrons. The first kappa shape index (κ1) is 35.5. The van der Waals surface area contributed by atoms with Crippen molar-refractivity contribution in [3.8, 4) is 34.5 Å². The number of rotatable bonds is 13. The zero-order chi connectivity index (χ0) is 34.0. The minimum atomic E-state index is -1.12. The summed E-state index contributed by atoms with van der Waals surface area (Å²) in [6, 6.07) is 5.53. The zero-order valence-electron chi connectivity index (χ0n) is 26.7. The Kier molecular flexibility index (Phi) is 12.7. The van der Waals surface area contributed by atoms with Crippen LogP contribution in [0, 0.1) is 0 Å². The topological polar surface area (TPSA) is 167 Å². The molecule has 2 aromatic rings. The summed E-state index contributed by atoms with van der Waals surface area (Å²) < 4.78 is 39.5. The van der Waals surface area contributed by atoms with Gasteiger partial charge in [0.25, 0.3) is 0 Å². The van der Waals surface area contributed by atoms with Gasteiger partial charge in [-0.25, -0.2) is 0 Å². The van der Waals surface area contributed by atoms with Crippen LogP contribution in [0.5, 0.6) is 34.5 Å². The third-order valence-corrected chi connectivity index (χ3v) is 6.64. The van der Waals surface area contributed by atoms with Gasteiger partial charge in [-0.2, -0.15) is 0 Å². The van der Waals surface area contributed by atoms with Gasteiger partial charge >= 0.3 is 35.8 Å². The summed E-state index contributed by atoms with van der Waals surface area (Å²) in [5.74, 6) is -4.21. The van der Waals surface area contributed by atoms with E-state index in [9.17, 15) is 28.8 Å². The van der Waals surface area contributed by atoms with Gasteiger partial charge in [0, 0.05) is 68.2 Å². The molecule has 3 rings (SSSR count). The van der Waals surface area contributed by atoms with Crippen LogP contribution < -0.4 is 28.4 Å². The molecule has 1 aliphatic heterocycles. The molecule has 0 N–H and O–H groups in total. The third-order valence-electron chi connectivity index (χ3n) is 6.64. The summed E-state index contributed by atoms with van der Waals surface area (Å²) in [7, 11) is 0. The van der Waals surface area contributed by atoms with Crippen LogP contribution in [0.4, 0.5) is 0 Å². The number of fused-ring (bicyclic) bond motifs is 1. The molecular formula is C33H38O13. The lowest BCUT2D eigenvalue weighted by Crippen LogP contribution is -2.35. The van der Waals surface area contributed by atoms with Crippen molar-refractivity contribution in [3.05, 3.63) is 35.4 Å². The van der Waals surface area contributed by atoms with E-state index >= 15 is 0 Å². The molecule has 13 nitrogen and oxygen atoms in total. The SMILES string of the molecule is CCC(=O)Oc1cc(OC(=O)CC)c2c(c1)O[C@H](c1cc(OC(=O)CC)c(OC(=O)CC)c(OC(=O)CC)c1)[C@H](OC(=O)CC)C2. The first-order chi connectivity index (χ1) is 22.0. The molecule has 46 heavy (non-hydrogen) atoms. The predicted molar refractivity (Wildman–Crippen MR) is 160 cm³/mol. The van der Waals surface area contributed by atoms with Crippen molar-refractivity contribution in [2.45, 2.75) is 98.7 Å². The molecule has 2 aromatic carbocycles. The molecule has 2 atom stereocenters. The molecule has 0 bridgehead atoms. The summed E-state index contributed by atoms with van der Waals surface area (Å²) in [4.78, 5) is 74.2. The van der Waals surface area contributed by atoms with Crippen LogP contribution in [0.3, 0.4) is 0 Å². The first-order valence-electron chi connectivity index (χ1n) is 15.2. The van der Waals surface area contributed by atoms with Gasteiger partial charge in [0.1, 0.15) is 23.4 Å².